The summed E-state index contributed by atoms with van der Waals surface area (Å²) in [5.74, 6) is 0.455. The standard InChI is InChI=1S/C16H26N2O2S/c1-4-13(2)14-5-7-15(8-6-14)21(19,20)18-16(3)9-11-17-12-10-16/h5-8,13,17-18H,4,9-12H2,1-3H3. The topological polar surface area (TPSA) is 58.2 Å². The molecule has 118 valence electrons. The van der Waals surface area contributed by atoms with Crippen LogP contribution in [0.15, 0.2) is 29.2 Å². The van der Waals surface area contributed by atoms with Crippen molar-refractivity contribution in [3.63, 3.8) is 0 Å². The van der Waals surface area contributed by atoms with Gasteiger partial charge in [-0.3, -0.25) is 0 Å². The Balaban J connectivity index is 2.15. The summed E-state index contributed by atoms with van der Waals surface area (Å²) in [6, 6.07) is 7.28. The number of hydrogen-bond donors (Lipinski definition) is 2. The molecule has 0 aromatic heterocycles. The van der Waals surface area contributed by atoms with Gasteiger partial charge in [0.25, 0.3) is 0 Å². The van der Waals surface area contributed by atoms with Crippen LogP contribution in [0.1, 0.15) is 51.5 Å². The molecule has 1 aliphatic heterocycles. The molecule has 1 heterocycles. The van der Waals surface area contributed by atoms with Gasteiger partial charge in [0.05, 0.1) is 4.90 Å². The molecule has 4 nitrogen and oxygen atoms in total. The fourth-order valence-electron chi connectivity index (χ4n) is 2.68. The first-order chi connectivity index (χ1) is 9.86. The van der Waals surface area contributed by atoms with E-state index in [1.165, 1.54) is 5.56 Å². The molecule has 0 amide bonds. The third kappa shape index (κ3) is 4.05. The summed E-state index contributed by atoms with van der Waals surface area (Å²) in [5, 5.41) is 3.26. The lowest BCUT2D eigenvalue weighted by atomic mass is 9.92. The Morgan fingerprint density at radius 1 is 1.24 bits per heavy atom. The van der Waals surface area contributed by atoms with E-state index >= 15 is 0 Å². The summed E-state index contributed by atoms with van der Waals surface area (Å²) in [6.07, 6.45) is 2.68. The summed E-state index contributed by atoms with van der Waals surface area (Å²) in [7, 11) is -3.45. The van der Waals surface area contributed by atoms with E-state index in [1.807, 2.05) is 19.1 Å². The molecule has 1 fully saturated rings. The number of sulfonamides is 1. The molecule has 1 saturated heterocycles. The van der Waals surface area contributed by atoms with E-state index < -0.39 is 10.0 Å². The Morgan fingerprint density at radius 2 is 1.81 bits per heavy atom. The lowest BCUT2D eigenvalue weighted by molar-refractivity contribution is 0.308. The van der Waals surface area contributed by atoms with Crippen LogP contribution >= 0.6 is 0 Å². The predicted octanol–water partition coefficient (Wildman–Crippen LogP) is 2.62. The number of benzene rings is 1. The zero-order valence-corrected chi connectivity index (χ0v) is 14.0. The van der Waals surface area contributed by atoms with Gasteiger partial charge >= 0.3 is 0 Å². The van der Waals surface area contributed by atoms with Crippen LogP contribution in [-0.4, -0.2) is 27.0 Å². The Bertz CT molecular complexity index is 560. The Labute approximate surface area is 128 Å². The van der Waals surface area contributed by atoms with Gasteiger partial charge in [0.2, 0.25) is 10.0 Å². The first-order valence-corrected chi connectivity index (χ1v) is 9.19. The van der Waals surface area contributed by atoms with E-state index in [0.29, 0.717) is 10.8 Å². The summed E-state index contributed by atoms with van der Waals surface area (Å²) in [6.45, 7) is 7.98. The molecule has 0 bridgehead atoms. The van der Waals surface area contributed by atoms with Crippen molar-refractivity contribution in [2.75, 3.05) is 13.1 Å². The molecule has 2 N–H and O–H groups in total. The fraction of sp³-hybridized carbons (Fsp3) is 0.625. The lowest BCUT2D eigenvalue weighted by Crippen LogP contribution is -2.52. The van der Waals surface area contributed by atoms with Crippen molar-refractivity contribution >= 4 is 10.0 Å². The average molecular weight is 310 g/mol. The quantitative estimate of drug-likeness (QED) is 0.879. The Kier molecular flexibility index (Phi) is 5.07. The van der Waals surface area contributed by atoms with E-state index in [4.69, 9.17) is 0 Å². The third-order valence-electron chi connectivity index (χ3n) is 4.46. The summed E-state index contributed by atoms with van der Waals surface area (Å²) >= 11 is 0. The van der Waals surface area contributed by atoms with Crippen molar-refractivity contribution in [3.8, 4) is 0 Å². The van der Waals surface area contributed by atoms with Crippen molar-refractivity contribution < 1.29 is 8.42 Å². The molecule has 1 unspecified atom stereocenters. The van der Waals surface area contributed by atoms with E-state index in [1.54, 1.807) is 12.1 Å². The zero-order valence-electron chi connectivity index (χ0n) is 13.1. The Hall–Kier alpha value is -0.910. The molecule has 1 aliphatic rings. The van der Waals surface area contributed by atoms with E-state index in [2.05, 4.69) is 23.9 Å². The van der Waals surface area contributed by atoms with Crippen molar-refractivity contribution in [2.24, 2.45) is 0 Å². The molecular formula is C16H26N2O2S. The molecule has 1 aromatic carbocycles. The second-order valence-electron chi connectivity index (χ2n) is 6.29. The second-order valence-corrected chi connectivity index (χ2v) is 7.98. The van der Waals surface area contributed by atoms with Gasteiger partial charge in [-0.15, -0.1) is 0 Å². The summed E-state index contributed by atoms with van der Waals surface area (Å²) < 4.78 is 27.9. The number of nitrogens with one attached hydrogen (secondary N) is 2. The van der Waals surface area contributed by atoms with Crippen LogP contribution in [0.3, 0.4) is 0 Å². The number of piperidine rings is 1. The molecule has 0 spiro atoms. The van der Waals surface area contributed by atoms with Gasteiger partial charge in [-0.25, -0.2) is 13.1 Å². The van der Waals surface area contributed by atoms with Gasteiger partial charge in [0, 0.05) is 5.54 Å². The van der Waals surface area contributed by atoms with Gasteiger partial charge in [-0.05, 0) is 62.9 Å². The molecule has 5 heteroatoms. The molecule has 2 rings (SSSR count). The minimum Gasteiger partial charge on any atom is -0.317 e. The molecule has 0 saturated carbocycles. The second kappa shape index (κ2) is 6.46. The van der Waals surface area contributed by atoms with Gasteiger partial charge in [0.1, 0.15) is 0 Å². The number of hydrogen-bond acceptors (Lipinski definition) is 3. The minimum atomic E-state index is -3.45. The average Bonchev–Trinajstić information content (AvgIpc) is 2.46. The highest BCUT2D eigenvalue weighted by molar-refractivity contribution is 7.89. The summed E-state index contributed by atoms with van der Waals surface area (Å²) in [4.78, 5) is 0.356. The molecule has 0 radical (unpaired) electrons. The molecular weight excluding hydrogens is 284 g/mol. The normalized spacial score (nSPS) is 20.1. The van der Waals surface area contributed by atoms with Gasteiger partial charge < -0.3 is 5.32 Å². The maximum Gasteiger partial charge on any atom is 0.241 e. The van der Waals surface area contributed by atoms with E-state index in [-0.39, 0.29) is 5.54 Å². The SMILES string of the molecule is CCC(C)c1ccc(S(=O)(=O)NC2(C)CCNCC2)cc1. The predicted molar refractivity (Wildman–Crippen MR) is 86.0 cm³/mol. The Morgan fingerprint density at radius 3 is 2.33 bits per heavy atom. The molecule has 1 aromatic rings. The lowest BCUT2D eigenvalue weighted by Gasteiger charge is -2.34. The van der Waals surface area contributed by atoms with Crippen LogP contribution in [0.4, 0.5) is 0 Å². The minimum absolute atomic E-state index is 0.348. The molecule has 21 heavy (non-hydrogen) atoms. The highest BCUT2D eigenvalue weighted by Gasteiger charge is 2.31. The van der Waals surface area contributed by atoms with Gasteiger partial charge in [0.15, 0.2) is 0 Å². The third-order valence-corrected chi connectivity index (χ3v) is 6.11. The van der Waals surface area contributed by atoms with Crippen molar-refractivity contribution in [1.29, 1.82) is 0 Å². The van der Waals surface area contributed by atoms with Crippen LogP contribution in [0, 0.1) is 0 Å². The fourth-order valence-corrected chi connectivity index (χ4v) is 4.14. The van der Waals surface area contributed by atoms with Crippen molar-refractivity contribution in [2.45, 2.75) is 56.4 Å². The largest absolute Gasteiger partial charge is 0.317 e. The first-order valence-electron chi connectivity index (χ1n) is 7.71. The van der Waals surface area contributed by atoms with Crippen molar-refractivity contribution in [3.05, 3.63) is 29.8 Å². The maximum absolute atomic E-state index is 12.5. The highest BCUT2D eigenvalue weighted by Crippen LogP contribution is 2.23. The highest BCUT2D eigenvalue weighted by atomic mass is 32.2. The van der Waals surface area contributed by atoms with Crippen LogP contribution < -0.4 is 10.0 Å². The van der Waals surface area contributed by atoms with Crippen LogP contribution in [0.2, 0.25) is 0 Å². The van der Waals surface area contributed by atoms with Crippen LogP contribution in [-0.2, 0) is 10.0 Å². The number of rotatable bonds is 5. The monoisotopic (exact) mass is 310 g/mol. The van der Waals surface area contributed by atoms with Gasteiger partial charge in [-0.1, -0.05) is 26.0 Å². The summed E-state index contributed by atoms with van der Waals surface area (Å²) in [5.41, 5.74) is 0.837. The molecule has 0 aliphatic carbocycles. The molecule has 1 atom stereocenters. The van der Waals surface area contributed by atoms with E-state index in [0.717, 1.165) is 32.4 Å². The smallest absolute Gasteiger partial charge is 0.241 e. The van der Waals surface area contributed by atoms with Crippen molar-refractivity contribution in [1.82, 2.24) is 10.0 Å². The maximum atomic E-state index is 12.5. The van der Waals surface area contributed by atoms with Gasteiger partial charge in [-0.2, -0.15) is 0 Å². The van der Waals surface area contributed by atoms with Crippen LogP contribution in [0.5, 0.6) is 0 Å². The first kappa shape index (κ1) is 16.5. The van der Waals surface area contributed by atoms with E-state index in [9.17, 15) is 8.42 Å². The zero-order chi connectivity index (χ0) is 15.5. The van der Waals surface area contributed by atoms with Crippen LogP contribution in [0.25, 0.3) is 0 Å².